The molecule has 0 aliphatic rings. The molecule has 2 N–H and O–H groups in total. The van der Waals surface area contributed by atoms with Gasteiger partial charge in [-0.25, -0.2) is 4.79 Å². The van der Waals surface area contributed by atoms with Crippen molar-refractivity contribution in [2.75, 3.05) is 0 Å². The molecular weight excluding hydrogens is 338 g/mol. The number of hydrogen-bond donors (Lipinski definition) is 2. The van der Waals surface area contributed by atoms with Gasteiger partial charge in [-0.05, 0) is 46.9 Å². The van der Waals surface area contributed by atoms with Gasteiger partial charge in [-0.2, -0.15) is 0 Å². The SMILES string of the molecule is CC(C)(C)c1ccc(/C=C(/NC(=O)c2ccc(Cl)cc2)C(=O)O)cc1. The van der Waals surface area contributed by atoms with Crippen LogP contribution in [0.15, 0.2) is 54.2 Å². The molecule has 4 nitrogen and oxygen atoms in total. The predicted molar refractivity (Wildman–Crippen MR) is 99.7 cm³/mol. The molecule has 2 rings (SSSR count). The summed E-state index contributed by atoms with van der Waals surface area (Å²) in [7, 11) is 0. The molecule has 0 aliphatic heterocycles. The van der Waals surface area contributed by atoms with Crippen LogP contribution in [0.4, 0.5) is 0 Å². The number of halogens is 1. The molecule has 0 heterocycles. The molecule has 0 radical (unpaired) electrons. The Bertz CT molecular complexity index is 800. The zero-order valence-corrected chi connectivity index (χ0v) is 15.1. The van der Waals surface area contributed by atoms with E-state index in [2.05, 4.69) is 26.1 Å². The second-order valence-electron chi connectivity index (χ2n) is 6.70. The average Bonchev–Trinajstić information content (AvgIpc) is 2.54. The summed E-state index contributed by atoms with van der Waals surface area (Å²) in [4.78, 5) is 23.6. The van der Waals surface area contributed by atoms with Crippen LogP contribution in [-0.4, -0.2) is 17.0 Å². The van der Waals surface area contributed by atoms with Gasteiger partial charge in [-0.15, -0.1) is 0 Å². The maximum absolute atomic E-state index is 12.2. The average molecular weight is 358 g/mol. The number of benzene rings is 2. The highest BCUT2D eigenvalue weighted by atomic mass is 35.5. The number of amides is 1. The summed E-state index contributed by atoms with van der Waals surface area (Å²) in [6, 6.07) is 13.8. The van der Waals surface area contributed by atoms with Gasteiger partial charge in [-0.3, -0.25) is 4.79 Å². The van der Waals surface area contributed by atoms with Crippen LogP contribution >= 0.6 is 11.6 Å². The lowest BCUT2D eigenvalue weighted by Crippen LogP contribution is -2.27. The molecule has 0 aromatic heterocycles. The van der Waals surface area contributed by atoms with Crippen molar-refractivity contribution in [2.45, 2.75) is 26.2 Å². The first kappa shape index (κ1) is 18.7. The molecule has 0 aliphatic carbocycles. The van der Waals surface area contributed by atoms with Gasteiger partial charge in [0.15, 0.2) is 0 Å². The Hall–Kier alpha value is -2.59. The lowest BCUT2D eigenvalue weighted by molar-refractivity contribution is -0.132. The molecular formula is C20H20ClNO3. The van der Waals surface area contributed by atoms with Gasteiger partial charge >= 0.3 is 5.97 Å². The van der Waals surface area contributed by atoms with Crippen molar-refractivity contribution in [1.82, 2.24) is 5.32 Å². The van der Waals surface area contributed by atoms with E-state index in [0.717, 1.165) is 5.56 Å². The largest absolute Gasteiger partial charge is 0.477 e. The van der Waals surface area contributed by atoms with Gasteiger partial charge in [0.25, 0.3) is 5.91 Å². The fourth-order valence-electron chi connectivity index (χ4n) is 2.19. The summed E-state index contributed by atoms with van der Waals surface area (Å²) >= 11 is 5.79. The number of rotatable bonds is 4. The fourth-order valence-corrected chi connectivity index (χ4v) is 2.32. The molecule has 2 aromatic rings. The van der Waals surface area contributed by atoms with Gasteiger partial charge in [-0.1, -0.05) is 56.6 Å². The van der Waals surface area contributed by atoms with Crippen molar-refractivity contribution < 1.29 is 14.7 Å². The summed E-state index contributed by atoms with van der Waals surface area (Å²) < 4.78 is 0. The minimum atomic E-state index is -1.21. The van der Waals surface area contributed by atoms with Crippen LogP contribution in [-0.2, 0) is 10.2 Å². The van der Waals surface area contributed by atoms with E-state index in [1.165, 1.54) is 18.2 Å². The Morgan fingerprint density at radius 3 is 2.04 bits per heavy atom. The van der Waals surface area contributed by atoms with Crippen molar-refractivity contribution in [3.63, 3.8) is 0 Å². The number of hydrogen-bond acceptors (Lipinski definition) is 2. The number of carbonyl (C=O) groups excluding carboxylic acids is 1. The lowest BCUT2D eigenvalue weighted by Gasteiger charge is -2.18. The summed E-state index contributed by atoms with van der Waals surface area (Å²) in [6.45, 7) is 6.31. The minimum absolute atomic E-state index is 0.0146. The Morgan fingerprint density at radius 1 is 1.00 bits per heavy atom. The molecule has 0 saturated heterocycles. The molecule has 5 heteroatoms. The highest BCUT2D eigenvalue weighted by molar-refractivity contribution is 6.30. The second-order valence-corrected chi connectivity index (χ2v) is 7.13. The van der Waals surface area contributed by atoms with E-state index in [9.17, 15) is 14.7 Å². The first-order chi connectivity index (χ1) is 11.7. The standard InChI is InChI=1S/C20H20ClNO3/c1-20(2,3)15-8-4-13(5-9-15)12-17(19(24)25)22-18(23)14-6-10-16(21)11-7-14/h4-12H,1-3H3,(H,22,23)(H,24,25)/b17-12+. The van der Waals surface area contributed by atoms with Crippen molar-refractivity contribution in [3.05, 3.63) is 75.9 Å². The van der Waals surface area contributed by atoms with Crippen LogP contribution < -0.4 is 5.32 Å². The second kappa shape index (κ2) is 7.53. The fraction of sp³-hybridized carbons (Fsp3) is 0.200. The molecule has 0 saturated carbocycles. The molecule has 0 bridgehead atoms. The quantitative estimate of drug-likeness (QED) is 0.792. The molecule has 25 heavy (non-hydrogen) atoms. The van der Waals surface area contributed by atoms with Crippen LogP contribution in [0, 0.1) is 0 Å². The monoisotopic (exact) mass is 357 g/mol. The molecule has 0 spiro atoms. The Morgan fingerprint density at radius 2 is 1.56 bits per heavy atom. The summed E-state index contributed by atoms with van der Waals surface area (Å²) in [5.41, 5.74) is 2.00. The Labute approximate surface area is 152 Å². The number of nitrogens with one attached hydrogen (secondary N) is 1. The van der Waals surface area contributed by atoms with Gasteiger partial charge in [0, 0.05) is 10.6 Å². The van der Waals surface area contributed by atoms with Crippen molar-refractivity contribution >= 4 is 29.6 Å². The lowest BCUT2D eigenvalue weighted by atomic mass is 9.87. The Balaban J connectivity index is 2.22. The normalized spacial score (nSPS) is 11.9. The molecule has 0 unspecified atom stereocenters. The minimum Gasteiger partial charge on any atom is -0.477 e. The van der Waals surface area contributed by atoms with Crippen LogP contribution in [0.5, 0.6) is 0 Å². The maximum atomic E-state index is 12.2. The third-order valence-corrected chi connectivity index (χ3v) is 3.92. The number of aliphatic carboxylic acids is 1. The molecule has 2 aromatic carbocycles. The third kappa shape index (κ3) is 5.19. The van der Waals surface area contributed by atoms with Crippen LogP contribution in [0.25, 0.3) is 6.08 Å². The summed E-state index contributed by atoms with van der Waals surface area (Å²) in [6.07, 6.45) is 1.43. The van der Waals surface area contributed by atoms with E-state index in [-0.39, 0.29) is 11.1 Å². The molecule has 130 valence electrons. The summed E-state index contributed by atoms with van der Waals surface area (Å²) in [5, 5.41) is 12.3. The zero-order chi connectivity index (χ0) is 18.6. The first-order valence-electron chi connectivity index (χ1n) is 7.79. The topological polar surface area (TPSA) is 66.4 Å². The smallest absolute Gasteiger partial charge is 0.352 e. The highest BCUT2D eigenvalue weighted by Crippen LogP contribution is 2.22. The number of carboxylic acid groups (broad SMARTS) is 1. The maximum Gasteiger partial charge on any atom is 0.352 e. The van der Waals surface area contributed by atoms with Gasteiger partial charge in [0.1, 0.15) is 5.70 Å². The number of carboxylic acids is 1. The van der Waals surface area contributed by atoms with Gasteiger partial charge in [0.05, 0.1) is 0 Å². The predicted octanol–water partition coefficient (Wildman–Crippen LogP) is 4.49. The van der Waals surface area contributed by atoms with Crippen LogP contribution in [0.1, 0.15) is 42.3 Å². The van der Waals surface area contributed by atoms with E-state index in [0.29, 0.717) is 16.1 Å². The number of carbonyl (C=O) groups is 2. The summed E-state index contributed by atoms with van der Waals surface area (Å²) in [5.74, 6) is -1.71. The van der Waals surface area contributed by atoms with Crippen LogP contribution in [0.3, 0.4) is 0 Å². The van der Waals surface area contributed by atoms with E-state index in [4.69, 9.17) is 11.6 Å². The zero-order valence-electron chi connectivity index (χ0n) is 14.3. The third-order valence-electron chi connectivity index (χ3n) is 3.67. The highest BCUT2D eigenvalue weighted by Gasteiger charge is 2.15. The van der Waals surface area contributed by atoms with E-state index in [1.807, 2.05) is 24.3 Å². The van der Waals surface area contributed by atoms with Crippen molar-refractivity contribution in [3.8, 4) is 0 Å². The van der Waals surface area contributed by atoms with E-state index >= 15 is 0 Å². The van der Waals surface area contributed by atoms with Crippen molar-refractivity contribution in [2.24, 2.45) is 0 Å². The first-order valence-corrected chi connectivity index (χ1v) is 8.17. The molecule has 0 atom stereocenters. The molecule has 1 amide bonds. The van der Waals surface area contributed by atoms with Gasteiger partial charge in [0.2, 0.25) is 0 Å². The van der Waals surface area contributed by atoms with E-state index < -0.39 is 11.9 Å². The van der Waals surface area contributed by atoms with E-state index in [1.54, 1.807) is 12.1 Å². The van der Waals surface area contributed by atoms with Crippen molar-refractivity contribution in [1.29, 1.82) is 0 Å². The Kier molecular flexibility index (Phi) is 5.65. The molecule has 0 fully saturated rings. The van der Waals surface area contributed by atoms with Crippen LogP contribution in [0.2, 0.25) is 5.02 Å². The van der Waals surface area contributed by atoms with Gasteiger partial charge < -0.3 is 10.4 Å².